The van der Waals surface area contributed by atoms with Gasteiger partial charge in [-0.05, 0) is 0 Å². The number of ether oxygens (including phenoxy) is 1. The number of halogens is 5. The van der Waals surface area contributed by atoms with Gasteiger partial charge in [-0.15, -0.1) is 13.2 Å². The van der Waals surface area contributed by atoms with E-state index in [4.69, 9.17) is 11.6 Å². The van der Waals surface area contributed by atoms with Crippen molar-refractivity contribution in [3.05, 3.63) is 23.2 Å². The molecule has 72 valence electrons. The molecular formula is C6H2ClF4NO. The number of nitrogens with zero attached hydrogens (tertiary/aromatic N) is 1. The number of hydrogen-bond acceptors (Lipinski definition) is 2. The molecule has 0 aromatic carbocycles. The summed E-state index contributed by atoms with van der Waals surface area (Å²) in [5.74, 6) is -1.86. The fourth-order valence-electron chi connectivity index (χ4n) is 0.636. The molecule has 2 nitrogen and oxygen atoms in total. The number of pyridine rings is 1. The maximum Gasteiger partial charge on any atom is 0.573 e. The van der Waals surface area contributed by atoms with Gasteiger partial charge in [-0.2, -0.15) is 4.39 Å². The lowest BCUT2D eigenvalue weighted by Gasteiger charge is -2.08. The minimum Gasteiger partial charge on any atom is -0.406 e. The molecule has 1 aromatic heterocycles. The van der Waals surface area contributed by atoms with E-state index >= 15 is 0 Å². The Hall–Kier alpha value is -1.04. The van der Waals surface area contributed by atoms with Gasteiger partial charge in [0.1, 0.15) is 10.9 Å². The minimum absolute atomic E-state index is 0.403. The smallest absolute Gasteiger partial charge is 0.406 e. The van der Waals surface area contributed by atoms with Gasteiger partial charge in [0.2, 0.25) is 5.95 Å². The van der Waals surface area contributed by atoms with Crippen LogP contribution in [0.15, 0.2) is 12.1 Å². The molecule has 0 aliphatic heterocycles. The predicted molar refractivity (Wildman–Crippen MR) is 35.9 cm³/mol. The molecule has 0 radical (unpaired) electrons. The average Bonchev–Trinajstić information content (AvgIpc) is 1.78. The van der Waals surface area contributed by atoms with Gasteiger partial charge < -0.3 is 4.74 Å². The van der Waals surface area contributed by atoms with Crippen LogP contribution in [0, 0.1) is 5.95 Å². The van der Waals surface area contributed by atoms with Crippen LogP contribution in [-0.2, 0) is 0 Å². The predicted octanol–water partition coefficient (Wildman–Crippen LogP) is 2.77. The van der Waals surface area contributed by atoms with Crippen molar-refractivity contribution in [1.82, 2.24) is 4.98 Å². The summed E-state index contributed by atoms with van der Waals surface area (Å²) in [6.07, 6.45) is -4.86. The Morgan fingerprint density at radius 3 is 2.38 bits per heavy atom. The first-order valence-electron chi connectivity index (χ1n) is 2.96. The van der Waals surface area contributed by atoms with E-state index in [2.05, 4.69) is 9.72 Å². The summed E-state index contributed by atoms with van der Waals surface area (Å²) in [5, 5.41) is -0.403. The summed E-state index contributed by atoms with van der Waals surface area (Å²) in [4.78, 5) is 3.02. The third-order valence-corrected chi connectivity index (χ3v) is 1.16. The Labute approximate surface area is 75.1 Å². The summed E-state index contributed by atoms with van der Waals surface area (Å²) in [6, 6.07) is 1.25. The van der Waals surface area contributed by atoms with Gasteiger partial charge in [-0.25, -0.2) is 4.98 Å². The molecule has 13 heavy (non-hydrogen) atoms. The van der Waals surface area contributed by atoms with Crippen LogP contribution in [0.1, 0.15) is 0 Å². The van der Waals surface area contributed by atoms with Gasteiger partial charge in [0.25, 0.3) is 0 Å². The molecule has 0 saturated carbocycles. The molecule has 0 aliphatic carbocycles. The molecular weight excluding hydrogens is 214 g/mol. The van der Waals surface area contributed by atoms with Crippen LogP contribution in [0.3, 0.4) is 0 Å². The number of rotatable bonds is 1. The number of aromatic nitrogens is 1. The van der Waals surface area contributed by atoms with Crippen LogP contribution < -0.4 is 4.74 Å². The second-order valence-corrected chi connectivity index (χ2v) is 2.38. The zero-order valence-electron chi connectivity index (χ0n) is 5.90. The first kappa shape index (κ1) is 10.0. The Bertz CT molecular complexity index is 294. The summed E-state index contributed by atoms with van der Waals surface area (Å²) in [5.41, 5.74) is 0. The van der Waals surface area contributed by atoms with Crippen LogP contribution in [0.4, 0.5) is 17.6 Å². The fourth-order valence-corrected chi connectivity index (χ4v) is 0.824. The summed E-state index contributed by atoms with van der Waals surface area (Å²) in [6.45, 7) is 0. The molecule has 0 N–H and O–H groups in total. The highest BCUT2D eigenvalue weighted by Crippen LogP contribution is 2.24. The van der Waals surface area contributed by atoms with E-state index in [-0.39, 0.29) is 0 Å². The molecule has 0 unspecified atom stereocenters. The van der Waals surface area contributed by atoms with Crippen LogP contribution in [0.5, 0.6) is 5.75 Å². The van der Waals surface area contributed by atoms with Crippen molar-refractivity contribution < 1.29 is 22.3 Å². The molecule has 0 amide bonds. The van der Waals surface area contributed by atoms with E-state index < -0.39 is 23.2 Å². The van der Waals surface area contributed by atoms with E-state index in [1.165, 1.54) is 0 Å². The third kappa shape index (κ3) is 3.45. The van der Waals surface area contributed by atoms with Crippen molar-refractivity contribution in [1.29, 1.82) is 0 Å². The lowest BCUT2D eigenvalue weighted by atomic mass is 10.4. The van der Waals surface area contributed by atoms with Gasteiger partial charge in [-0.3, -0.25) is 0 Å². The van der Waals surface area contributed by atoms with Crippen LogP contribution >= 0.6 is 11.6 Å². The highest BCUT2D eigenvalue weighted by atomic mass is 35.5. The fraction of sp³-hybridized carbons (Fsp3) is 0.167. The molecule has 1 heterocycles. The van der Waals surface area contributed by atoms with E-state index in [1.807, 2.05) is 0 Å². The minimum atomic E-state index is -4.86. The van der Waals surface area contributed by atoms with Gasteiger partial charge in [0.05, 0.1) is 0 Å². The van der Waals surface area contributed by atoms with Crippen molar-refractivity contribution in [3.63, 3.8) is 0 Å². The largest absolute Gasteiger partial charge is 0.573 e. The zero-order chi connectivity index (χ0) is 10.1. The lowest BCUT2D eigenvalue weighted by Crippen LogP contribution is -2.17. The van der Waals surface area contributed by atoms with Crippen LogP contribution in [-0.4, -0.2) is 11.3 Å². The van der Waals surface area contributed by atoms with E-state index in [0.717, 1.165) is 6.07 Å². The number of hydrogen-bond donors (Lipinski definition) is 0. The maximum absolute atomic E-state index is 12.4. The monoisotopic (exact) mass is 215 g/mol. The number of alkyl halides is 3. The van der Waals surface area contributed by atoms with Crippen molar-refractivity contribution in [2.75, 3.05) is 0 Å². The molecule has 0 spiro atoms. The summed E-state index contributed by atoms with van der Waals surface area (Å²) in [7, 11) is 0. The van der Waals surface area contributed by atoms with Crippen molar-refractivity contribution >= 4 is 11.6 Å². The summed E-state index contributed by atoms with van der Waals surface area (Å²) >= 11 is 5.18. The maximum atomic E-state index is 12.4. The normalized spacial score (nSPS) is 11.5. The third-order valence-electron chi connectivity index (χ3n) is 0.970. The first-order valence-corrected chi connectivity index (χ1v) is 3.33. The second kappa shape index (κ2) is 3.37. The second-order valence-electron chi connectivity index (χ2n) is 2.00. The average molecular weight is 216 g/mol. The quantitative estimate of drug-likeness (QED) is 0.531. The molecule has 0 aliphatic rings. The molecule has 1 aromatic rings. The Morgan fingerprint density at radius 2 is 1.92 bits per heavy atom. The van der Waals surface area contributed by atoms with Crippen molar-refractivity contribution in [2.45, 2.75) is 6.36 Å². The van der Waals surface area contributed by atoms with Crippen molar-refractivity contribution in [3.8, 4) is 5.75 Å². The standard InChI is InChI=1S/C6H2ClF4NO/c7-4-1-3(2-5(8)12-4)13-6(9,10)11/h1-2H. The zero-order valence-corrected chi connectivity index (χ0v) is 6.66. The first-order chi connectivity index (χ1) is 5.87. The van der Waals surface area contributed by atoms with E-state index in [9.17, 15) is 17.6 Å². The SMILES string of the molecule is Fc1cc(OC(F)(F)F)cc(Cl)n1. The molecule has 1 rings (SSSR count). The van der Waals surface area contributed by atoms with Crippen LogP contribution in [0.2, 0.25) is 5.15 Å². The van der Waals surface area contributed by atoms with Crippen LogP contribution in [0.25, 0.3) is 0 Å². The molecule has 0 saturated heterocycles. The van der Waals surface area contributed by atoms with E-state index in [0.29, 0.717) is 6.07 Å². The van der Waals surface area contributed by atoms with Gasteiger partial charge in [-0.1, -0.05) is 11.6 Å². The summed E-state index contributed by atoms with van der Waals surface area (Å²) < 4.78 is 50.5. The van der Waals surface area contributed by atoms with Gasteiger partial charge in [0, 0.05) is 12.1 Å². The van der Waals surface area contributed by atoms with Gasteiger partial charge >= 0.3 is 6.36 Å². The Kier molecular flexibility index (Phi) is 2.60. The highest BCUT2D eigenvalue weighted by molar-refractivity contribution is 6.29. The Morgan fingerprint density at radius 1 is 1.31 bits per heavy atom. The van der Waals surface area contributed by atoms with Gasteiger partial charge in [0.15, 0.2) is 0 Å². The topological polar surface area (TPSA) is 22.1 Å². The highest BCUT2D eigenvalue weighted by Gasteiger charge is 2.31. The molecule has 0 atom stereocenters. The molecule has 0 fully saturated rings. The van der Waals surface area contributed by atoms with Crippen molar-refractivity contribution in [2.24, 2.45) is 0 Å². The lowest BCUT2D eigenvalue weighted by molar-refractivity contribution is -0.274. The molecule has 7 heteroatoms. The molecule has 0 bridgehead atoms. The Balaban J connectivity index is 2.90. The van der Waals surface area contributed by atoms with E-state index in [1.54, 1.807) is 0 Å².